The zero-order chi connectivity index (χ0) is 24.8. The molecule has 182 valence electrons. The maximum atomic E-state index is 12.7. The van der Waals surface area contributed by atoms with Crippen molar-refractivity contribution in [3.05, 3.63) is 72.7 Å². The number of nitrogens with zero attached hydrogens (tertiary/aromatic N) is 1. The van der Waals surface area contributed by atoms with Crippen LogP contribution in [0.25, 0.3) is 0 Å². The lowest BCUT2D eigenvalue weighted by atomic mass is 10.1. The highest BCUT2D eigenvalue weighted by Gasteiger charge is 2.25. The maximum absolute atomic E-state index is 12.7. The molecule has 1 aromatic carbocycles. The van der Waals surface area contributed by atoms with Gasteiger partial charge in [0.1, 0.15) is 5.84 Å². The summed E-state index contributed by atoms with van der Waals surface area (Å²) >= 11 is 0. The van der Waals surface area contributed by atoms with E-state index in [0.29, 0.717) is 23.6 Å². The Morgan fingerprint density at radius 1 is 1.24 bits per heavy atom. The summed E-state index contributed by atoms with van der Waals surface area (Å²) in [6.07, 6.45) is 11.9. The summed E-state index contributed by atoms with van der Waals surface area (Å²) in [6, 6.07) is 5.34. The fraction of sp³-hybridized carbons (Fsp3) is 0.320. The fourth-order valence-electron chi connectivity index (χ4n) is 2.90. The number of carbonyl (C=O) groups excluding carboxylic acids is 2. The molecule has 9 heteroatoms. The second kappa shape index (κ2) is 14.2. The van der Waals surface area contributed by atoms with Crippen LogP contribution in [-0.2, 0) is 4.79 Å². The number of carbonyl (C=O) groups is 2. The molecule has 0 spiro atoms. The molecule has 34 heavy (non-hydrogen) atoms. The predicted molar refractivity (Wildman–Crippen MR) is 139 cm³/mol. The van der Waals surface area contributed by atoms with Gasteiger partial charge in [-0.3, -0.25) is 9.59 Å². The Kier molecular flexibility index (Phi) is 11.0. The molecule has 3 rings (SSSR count). The number of rotatable bonds is 8. The monoisotopic (exact) mass is 465 g/mol. The van der Waals surface area contributed by atoms with Crippen LogP contribution in [0, 0.1) is 0 Å². The molecule has 0 bridgehead atoms. The highest BCUT2D eigenvalue weighted by atomic mass is 16.2. The van der Waals surface area contributed by atoms with Gasteiger partial charge in [0.25, 0.3) is 5.91 Å². The van der Waals surface area contributed by atoms with Crippen LogP contribution in [0.1, 0.15) is 44.0 Å². The summed E-state index contributed by atoms with van der Waals surface area (Å²) in [5, 5.41) is 18.1. The highest BCUT2D eigenvalue weighted by Crippen LogP contribution is 2.31. The SMILES string of the molecule is C=CCC.CCCN/C=C(C)\C=C\C(=O)NC1Nc2cccc(C(=O)NC3=NC=CNC3)c2N1. The number of allylic oxidation sites excluding steroid dienone is 3. The van der Waals surface area contributed by atoms with E-state index < -0.39 is 6.29 Å². The molecule has 0 aliphatic carbocycles. The molecule has 0 radical (unpaired) electrons. The molecule has 1 atom stereocenters. The highest BCUT2D eigenvalue weighted by molar-refractivity contribution is 6.11. The van der Waals surface area contributed by atoms with Crippen molar-refractivity contribution in [2.75, 3.05) is 23.7 Å². The Balaban J connectivity index is 0.000000945. The summed E-state index contributed by atoms with van der Waals surface area (Å²) in [4.78, 5) is 29.0. The molecule has 2 aliphatic rings. The van der Waals surface area contributed by atoms with Crippen LogP contribution in [-0.4, -0.2) is 37.0 Å². The van der Waals surface area contributed by atoms with Gasteiger partial charge in [0.05, 0.1) is 23.5 Å². The molecule has 2 heterocycles. The zero-order valence-corrected chi connectivity index (χ0v) is 20.1. The van der Waals surface area contributed by atoms with Gasteiger partial charge < -0.3 is 31.9 Å². The number of anilines is 2. The van der Waals surface area contributed by atoms with Crippen LogP contribution < -0.4 is 31.9 Å². The second-order valence-electron chi connectivity index (χ2n) is 7.56. The van der Waals surface area contributed by atoms with E-state index in [1.807, 2.05) is 25.3 Å². The van der Waals surface area contributed by atoms with Crippen LogP contribution in [0.4, 0.5) is 11.4 Å². The van der Waals surface area contributed by atoms with Crippen molar-refractivity contribution in [2.24, 2.45) is 4.99 Å². The number of aliphatic imine (C=N–C) groups is 1. The number of hydrogen-bond donors (Lipinski definition) is 6. The number of para-hydroxylation sites is 1. The van der Waals surface area contributed by atoms with E-state index in [1.165, 1.54) is 6.08 Å². The first-order valence-electron chi connectivity index (χ1n) is 11.4. The van der Waals surface area contributed by atoms with Gasteiger partial charge in [-0.2, -0.15) is 0 Å². The number of amides is 2. The summed E-state index contributed by atoms with van der Waals surface area (Å²) in [7, 11) is 0. The van der Waals surface area contributed by atoms with Crippen molar-refractivity contribution in [3.8, 4) is 0 Å². The van der Waals surface area contributed by atoms with Gasteiger partial charge >= 0.3 is 0 Å². The second-order valence-corrected chi connectivity index (χ2v) is 7.56. The van der Waals surface area contributed by atoms with Gasteiger partial charge in [-0.1, -0.05) is 32.1 Å². The average Bonchev–Trinajstić information content (AvgIpc) is 3.26. The Morgan fingerprint density at radius 3 is 2.71 bits per heavy atom. The molecule has 2 amide bonds. The lowest BCUT2D eigenvalue weighted by Crippen LogP contribution is -2.42. The zero-order valence-electron chi connectivity index (χ0n) is 20.1. The Labute approximate surface area is 201 Å². The van der Waals surface area contributed by atoms with Crippen LogP contribution in [0.5, 0.6) is 0 Å². The smallest absolute Gasteiger partial charge is 0.258 e. The molecular weight excluding hydrogens is 430 g/mol. The van der Waals surface area contributed by atoms with Gasteiger partial charge in [-0.15, -0.1) is 6.58 Å². The third-order valence-corrected chi connectivity index (χ3v) is 4.64. The Morgan fingerprint density at radius 2 is 2.03 bits per heavy atom. The predicted octanol–water partition coefficient (Wildman–Crippen LogP) is 3.17. The molecule has 0 saturated carbocycles. The van der Waals surface area contributed by atoms with Crippen molar-refractivity contribution in [1.29, 1.82) is 0 Å². The molecule has 0 aromatic heterocycles. The quantitative estimate of drug-likeness (QED) is 0.152. The largest absolute Gasteiger partial charge is 0.391 e. The van der Waals surface area contributed by atoms with Crippen molar-refractivity contribution < 1.29 is 9.59 Å². The van der Waals surface area contributed by atoms with Gasteiger partial charge in [0.2, 0.25) is 5.91 Å². The first kappa shape index (κ1) is 26.2. The van der Waals surface area contributed by atoms with Gasteiger partial charge in [-0.05, 0) is 43.7 Å². The molecule has 9 nitrogen and oxygen atoms in total. The van der Waals surface area contributed by atoms with E-state index in [4.69, 9.17) is 0 Å². The number of hydrogen-bond acceptors (Lipinski definition) is 7. The van der Waals surface area contributed by atoms with Crippen LogP contribution in [0.3, 0.4) is 0 Å². The maximum Gasteiger partial charge on any atom is 0.258 e. The van der Waals surface area contributed by atoms with E-state index in [9.17, 15) is 9.59 Å². The molecule has 0 saturated heterocycles. The molecule has 6 N–H and O–H groups in total. The van der Waals surface area contributed by atoms with E-state index in [0.717, 1.165) is 30.6 Å². The molecular formula is C25H35N7O2. The summed E-state index contributed by atoms with van der Waals surface area (Å²) in [5.74, 6) is 0.0126. The third-order valence-electron chi connectivity index (χ3n) is 4.64. The number of benzene rings is 1. The standard InChI is InChI=1S/C21H27N7O2.C4H8/c1-3-9-22-12-14(2)7-8-18(29)27-21-25-16-6-4-5-15(19(16)28-21)20(30)26-17-13-23-10-11-24-17;1-3-4-2/h4-8,10-12,21-23,25,28H,3,9,13H2,1-2H3,(H,27,29)(H,24,26,30);3H,1,4H2,2H3/b8-7+,14-12-;. The minimum Gasteiger partial charge on any atom is -0.391 e. The molecule has 0 fully saturated rings. The Hall–Kier alpha value is -4.01. The van der Waals surface area contributed by atoms with Crippen molar-refractivity contribution >= 4 is 29.0 Å². The van der Waals surface area contributed by atoms with E-state index in [-0.39, 0.29) is 11.8 Å². The third kappa shape index (κ3) is 8.50. The van der Waals surface area contributed by atoms with Crippen LogP contribution in [0.15, 0.2) is 72.2 Å². The minimum atomic E-state index is -0.523. The van der Waals surface area contributed by atoms with E-state index >= 15 is 0 Å². The molecule has 1 unspecified atom stereocenters. The first-order chi connectivity index (χ1) is 16.5. The average molecular weight is 466 g/mol. The lowest BCUT2D eigenvalue weighted by molar-refractivity contribution is -0.116. The van der Waals surface area contributed by atoms with Gasteiger partial charge in [-0.25, -0.2) is 4.99 Å². The molecule has 2 aliphatic heterocycles. The topological polar surface area (TPSA) is 119 Å². The summed E-state index contributed by atoms with van der Waals surface area (Å²) in [5.41, 5.74) is 2.78. The van der Waals surface area contributed by atoms with Crippen molar-refractivity contribution in [2.45, 2.75) is 39.9 Å². The normalized spacial score (nSPS) is 16.0. The fourth-order valence-corrected chi connectivity index (χ4v) is 2.90. The van der Waals surface area contributed by atoms with Gasteiger partial charge in [0.15, 0.2) is 6.29 Å². The van der Waals surface area contributed by atoms with E-state index in [2.05, 4.69) is 57.3 Å². The first-order valence-corrected chi connectivity index (χ1v) is 11.4. The van der Waals surface area contributed by atoms with Crippen LogP contribution in [0.2, 0.25) is 0 Å². The van der Waals surface area contributed by atoms with Gasteiger partial charge in [0, 0.05) is 25.0 Å². The Bertz CT molecular complexity index is 979. The lowest BCUT2D eigenvalue weighted by Gasteiger charge is -2.14. The van der Waals surface area contributed by atoms with Crippen LogP contribution >= 0.6 is 0 Å². The van der Waals surface area contributed by atoms with Crippen molar-refractivity contribution in [1.82, 2.24) is 21.3 Å². The van der Waals surface area contributed by atoms with E-state index in [1.54, 1.807) is 30.6 Å². The summed E-state index contributed by atoms with van der Waals surface area (Å²) < 4.78 is 0. The minimum absolute atomic E-state index is 0.253. The summed E-state index contributed by atoms with van der Waals surface area (Å²) in [6.45, 7) is 10.9. The van der Waals surface area contributed by atoms with Crippen molar-refractivity contribution in [3.63, 3.8) is 0 Å². The number of amidine groups is 1. The number of nitrogens with one attached hydrogen (secondary N) is 6. The molecule has 1 aromatic rings. The number of fused-ring (bicyclic) bond motifs is 1.